The minimum Gasteiger partial charge on any atom is -0.339 e. The summed E-state index contributed by atoms with van der Waals surface area (Å²) in [5.74, 6) is 0.351. The van der Waals surface area contributed by atoms with Crippen molar-refractivity contribution in [1.29, 1.82) is 0 Å². The molecule has 3 aromatic heterocycles. The Kier molecular flexibility index (Phi) is 4.53. The van der Waals surface area contributed by atoms with Gasteiger partial charge in [0.1, 0.15) is 6.17 Å². The van der Waals surface area contributed by atoms with Gasteiger partial charge in [-0.2, -0.15) is 10.1 Å². The fraction of sp³-hybridized carbons (Fsp3) is 0.318. The van der Waals surface area contributed by atoms with Crippen LogP contribution in [0.2, 0.25) is 0 Å². The Morgan fingerprint density at radius 3 is 2.87 bits per heavy atom. The fourth-order valence-corrected chi connectivity index (χ4v) is 3.38. The number of carbonyl (C=O) groups is 1. The van der Waals surface area contributed by atoms with Crippen LogP contribution in [-0.4, -0.2) is 36.8 Å². The van der Waals surface area contributed by atoms with Crippen molar-refractivity contribution < 1.29 is 13.7 Å². The van der Waals surface area contributed by atoms with E-state index in [1.165, 1.54) is 6.20 Å². The highest BCUT2D eigenvalue weighted by Crippen LogP contribution is 2.43. The van der Waals surface area contributed by atoms with Gasteiger partial charge in [-0.05, 0) is 30.9 Å². The van der Waals surface area contributed by atoms with Gasteiger partial charge < -0.3 is 9.84 Å². The summed E-state index contributed by atoms with van der Waals surface area (Å²) in [7, 11) is 0. The van der Waals surface area contributed by atoms with Crippen molar-refractivity contribution >= 4 is 17.1 Å². The van der Waals surface area contributed by atoms with Gasteiger partial charge in [0.2, 0.25) is 11.7 Å². The summed E-state index contributed by atoms with van der Waals surface area (Å²) < 4.78 is 20.1. The van der Waals surface area contributed by atoms with Crippen LogP contribution >= 0.6 is 0 Å². The molecule has 0 radical (unpaired) electrons. The molecule has 0 unspecified atom stereocenters. The minimum absolute atomic E-state index is 0.262. The van der Waals surface area contributed by atoms with Gasteiger partial charge in [-0.25, -0.2) is 8.91 Å². The van der Waals surface area contributed by atoms with E-state index >= 15 is 0 Å². The van der Waals surface area contributed by atoms with E-state index in [0.717, 1.165) is 11.3 Å². The zero-order valence-electron chi connectivity index (χ0n) is 17.3. The Morgan fingerprint density at radius 2 is 2.13 bits per heavy atom. The molecule has 1 fully saturated rings. The first-order chi connectivity index (χ1) is 14.9. The number of aryl methyl sites for hydroxylation is 1. The molecular formula is C22H21FN6O2. The lowest BCUT2D eigenvalue weighted by atomic mass is 10.1. The van der Waals surface area contributed by atoms with Crippen molar-refractivity contribution in [1.82, 2.24) is 24.7 Å². The smallest absolute Gasteiger partial charge is 0.259 e. The average molecular weight is 420 g/mol. The molecule has 8 nitrogen and oxygen atoms in total. The van der Waals surface area contributed by atoms with Crippen molar-refractivity contribution in [2.45, 2.75) is 45.2 Å². The highest BCUT2D eigenvalue weighted by molar-refractivity contribution is 6.09. The van der Waals surface area contributed by atoms with Crippen molar-refractivity contribution in [3.63, 3.8) is 0 Å². The predicted molar refractivity (Wildman–Crippen MR) is 112 cm³/mol. The Balaban J connectivity index is 1.41. The third-order valence-electron chi connectivity index (χ3n) is 5.48. The lowest BCUT2D eigenvalue weighted by Crippen LogP contribution is -2.13. The number of hydrogen-bond donors (Lipinski definition) is 1. The maximum atomic E-state index is 13.3. The zero-order valence-corrected chi connectivity index (χ0v) is 17.3. The number of halogens is 1. The number of nitrogens with one attached hydrogen (secondary N) is 1. The summed E-state index contributed by atoms with van der Waals surface area (Å²) in [6, 6.07) is 5.48. The molecular weight excluding hydrogens is 399 g/mol. The van der Waals surface area contributed by atoms with Gasteiger partial charge in [-0.15, -0.1) is 0 Å². The van der Waals surface area contributed by atoms with Crippen molar-refractivity contribution in [3.05, 3.63) is 59.5 Å². The molecule has 1 aliphatic carbocycles. The molecule has 9 heteroatoms. The predicted octanol–water partition coefficient (Wildman–Crippen LogP) is 4.29. The lowest BCUT2D eigenvalue weighted by molar-refractivity contribution is 0.102. The third kappa shape index (κ3) is 3.56. The zero-order chi connectivity index (χ0) is 21.7. The Bertz CT molecular complexity index is 1290. The van der Waals surface area contributed by atoms with Gasteiger partial charge in [0.25, 0.3) is 5.91 Å². The first-order valence-corrected chi connectivity index (χ1v) is 10.1. The van der Waals surface area contributed by atoms with Gasteiger partial charge in [-0.1, -0.05) is 31.1 Å². The van der Waals surface area contributed by atoms with Crippen molar-refractivity contribution in [2.24, 2.45) is 0 Å². The number of hydrogen-bond acceptors (Lipinski definition) is 6. The summed E-state index contributed by atoms with van der Waals surface area (Å²) in [5, 5.41) is 11.2. The molecule has 0 spiro atoms. The highest BCUT2D eigenvalue weighted by Gasteiger charge is 2.43. The molecule has 2 atom stereocenters. The van der Waals surface area contributed by atoms with E-state index < -0.39 is 6.17 Å². The second-order valence-electron chi connectivity index (χ2n) is 8.15. The Hall–Kier alpha value is -3.62. The largest absolute Gasteiger partial charge is 0.339 e. The maximum Gasteiger partial charge on any atom is 0.259 e. The van der Waals surface area contributed by atoms with Crippen LogP contribution in [0.15, 0.2) is 41.3 Å². The molecule has 3 heterocycles. The molecule has 31 heavy (non-hydrogen) atoms. The molecule has 1 aromatic carbocycles. The van der Waals surface area contributed by atoms with Gasteiger partial charge in [-0.3, -0.25) is 9.78 Å². The van der Waals surface area contributed by atoms with Crippen LogP contribution in [0.3, 0.4) is 0 Å². The van der Waals surface area contributed by atoms with E-state index in [4.69, 9.17) is 4.52 Å². The summed E-state index contributed by atoms with van der Waals surface area (Å²) in [5.41, 5.74) is 4.13. The number of aromatic nitrogens is 5. The van der Waals surface area contributed by atoms with Gasteiger partial charge >= 0.3 is 0 Å². The Labute approximate surface area is 177 Å². The van der Waals surface area contributed by atoms with Crippen LogP contribution < -0.4 is 5.32 Å². The topological polar surface area (TPSA) is 98.2 Å². The molecule has 1 amide bonds. The average Bonchev–Trinajstić information content (AvgIpc) is 3.16. The number of fused-ring (bicyclic) bond motifs is 1. The highest BCUT2D eigenvalue weighted by atomic mass is 19.1. The van der Waals surface area contributed by atoms with E-state index in [-0.39, 0.29) is 17.7 Å². The second kappa shape index (κ2) is 7.26. The molecule has 0 saturated heterocycles. The van der Waals surface area contributed by atoms with Crippen LogP contribution in [0.25, 0.3) is 16.9 Å². The van der Waals surface area contributed by atoms with E-state index in [2.05, 4.69) is 25.5 Å². The number of nitrogens with zero attached hydrogens (tertiary/aromatic N) is 5. The number of rotatable bonds is 5. The van der Waals surface area contributed by atoms with Crippen LogP contribution in [-0.2, 0) is 0 Å². The number of benzene rings is 1. The van der Waals surface area contributed by atoms with Crippen LogP contribution in [0.5, 0.6) is 0 Å². The third-order valence-corrected chi connectivity index (χ3v) is 5.48. The van der Waals surface area contributed by atoms with Gasteiger partial charge in [0, 0.05) is 11.3 Å². The van der Waals surface area contributed by atoms with E-state index in [0.29, 0.717) is 40.5 Å². The number of carbonyl (C=O) groups excluding carboxylic acids is 1. The number of anilines is 1. The summed E-state index contributed by atoms with van der Waals surface area (Å²) in [6.45, 7) is 5.99. The molecule has 1 aliphatic rings. The summed E-state index contributed by atoms with van der Waals surface area (Å²) in [6.07, 6.45) is 4.54. The molecule has 5 rings (SSSR count). The summed E-state index contributed by atoms with van der Waals surface area (Å²) in [4.78, 5) is 21.7. The summed E-state index contributed by atoms with van der Waals surface area (Å²) >= 11 is 0. The minimum atomic E-state index is -0.905. The first-order valence-electron chi connectivity index (χ1n) is 10.1. The van der Waals surface area contributed by atoms with Crippen LogP contribution in [0, 0.1) is 6.92 Å². The van der Waals surface area contributed by atoms with Crippen molar-refractivity contribution in [3.8, 4) is 11.4 Å². The number of amides is 1. The normalized spacial score (nSPS) is 18.0. The van der Waals surface area contributed by atoms with E-state index in [9.17, 15) is 9.18 Å². The van der Waals surface area contributed by atoms with Crippen LogP contribution in [0.4, 0.5) is 10.1 Å². The number of alkyl halides is 1. The maximum absolute atomic E-state index is 13.3. The molecule has 1 N–H and O–H groups in total. The molecule has 1 saturated carbocycles. The molecule has 4 aromatic rings. The second-order valence-corrected chi connectivity index (χ2v) is 8.15. The van der Waals surface area contributed by atoms with Gasteiger partial charge in [0.05, 0.1) is 41.3 Å². The van der Waals surface area contributed by atoms with Crippen LogP contribution in [0.1, 0.15) is 59.6 Å². The van der Waals surface area contributed by atoms with E-state index in [1.807, 2.05) is 39.1 Å². The monoisotopic (exact) mass is 420 g/mol. The lowest BCUT2D eigenvalue weighted by Gasteiger charge is -2.09. The molecule has 158 valence electrons. The molecule has 0 bridgehead atoms. The van der Waals surface area contributed by atoms with E-state index in [1.54, 1.807) is 16.8 Å². The first kappa shape index (κ1) is 19.3. The fourth-order valence-electron chi connectivity index (χ4n) is 3.38. The van der Waals surface area contributed by atoms with Crippen molar-refractivity contribution in [2.75, 3.05) is 5.32 Å². The van der Waals surface area contributed by atoms with Gasteiger partial charge in [0.15, 0.2) is 0 Å². The molecule has 0 aliphatic heterocycles. The quantitative estimate of drug-likeness (QED) is 0.517. The Morgan fingerprint density at radius 1 is 1.32 bits per heavy atom. The SMILES string of the molecule is Cc1ccc(-c2noc([C@H]3C[C@@H]3F)n2)cc1NC(=O)c1cnn2cc(C(C)C)ncc12. The standard InChI is InChI=1S/C22H21FN6O2/c1-11(2)18-10-29-19(9-24-18)15(8-25-29)21(30)26-17-6-13(5-4-12(17)3)20-27-22(31-28-20)14-7-16(14)23/h4-6,8-11,14,16H,7H2,1-3H3,(H,26,30)/t14-,16-/m0/s1.